The van der Waals surface area contributed by atoms with E-state index in [1.54, 1.807) is 19.2 Å². The lowest BCUT2D eigenvalue weighted by Crippen LogP contribution is -2.29. The Bertz CT molecular complexity index is 818. The Labute approximate surface area is 152 Å². The summed E-state index contributed by atoms with van der Waals surface area (Å²) < 4.78 is 10.3. The summed E-state index contributed by atoms with van der Waals surface area (Å²) in [6.45, 7) is 0.173. The third kappa shape index (κ3) is 4.27. The molecule has 0 saturated carbocycles. The molecule has 0 aromatic heterocycles. The molecule has 0 atom stereocenters. The molecule has 6 nitrogen and oxygen atoms in total. The van der Waals surface area contributed by atoms with Crippen LogP contribution in [0.5, 0.6) is 5.75 Å². The summed E-state index contributed by atoms with van der Waals surface area (Å²) in [4.78, 5) is 24.2. The Balaban J connectivity index is 1.53. The van der Waals surface area contributed by atoms with Crippen LogP contribution in [0.3, 0.4) is 0 Å². The Morgan fingerprint density at radius 3 is 2.58 bits per heavy atom. The van der Waals surface area contributed by atoms with E-state index in [1.165, 1.54) is 5.01 Å². The normalized spacial score (nSPS) is 13.3. The van der Waals surface area contributed by atoms with Gasteiger partial charge in [-0.1, -0.05) is 48.5 Å². The monoisotopic (exact) mass is 352 g/mol. The second-order valence-corrected chi connectivity index (χ2v) is 5.83. The molecular formula is C20H20N2O4. The minimum Gasteiger partial charge on any atom is -0.496 e. The highest BCUT2D eigenvalue weighted by atomic mass is 16.5. The van der Waals surface area contributed by atoms with Crippen molar-refractivity contribution in [3.05, 3.63) is 65.7 Å². The summed E-state index contributed by atoms with van der Waals surface area (Å²) in [6, 6.07) is 16.9. The van der Waals surface area contributed by atoms with Crippen molar-refractivity contribution in [2.24, 2.45) is 5.10 Å². The minimum absolute atomic E-state index is 0.0514. The third-order valence-corrected chi connectivity index (χ3v) is 4.08. The van der Waals surface area contributed by atoms with Crippen molar-refractivity contribution in [2.45, 2.75) is 12.8 Å². The molecule has 1 aliphatic rings. The maximum Gasteiger partial charge on any atom is 0.310 e. The first-order valence-corrected chi connectivity index (χ1v) is 8.38. The number of hydrazone groups is 1. The number of rotatable bonds is 6. The van der Waals surface area contributed by atoms with E-state index in [1.807, 2.05) is 42.5 Å². The van der Waals surface area contributed by atoms with Crippen molar-refractivity contribution in [3.63, 3.8) is 0 Å². The topological polar surface area (TPSA) is 68.2 Å². The van der Waals surface area contributed by atoms with Crippen LogP contribution in [0.1, 0.15) is 17.5 Å². The highest BCUT2D eigenvalue weighted by Gasteiger charge is 2.22. The highest BCUT2D eigenvalue weighted by Crippen LogP contribution is 2.18. The lowest BCUT2D eigenvalue weighted by Gasteiger charge is -2.12. The molecule has 3 rings (SSSR count). The van der Waals surface area contributed by atoms with Crippen LogP contribution in [0, 0.1) is 0 Å². The van der Waals surface area contributed by atoms with Gasteiger partial charge in [0.2, 0.25) is 0 Å². The number of hydrogen-bond acceptors (Lipinski definition) is 5. The second-order valence-electron chi connectivity index (χ2n) is 5.83. The van der Waals surface area contributed by atoms with E-state index in [0.717, 1.165) is 16.8 Å². The molecule has 0 saturated heterocycles. The van der Waals surface area contributed by atoms with E-state index in [0.29, 0.717) is 18.7 Å². The summed E-state index contributed by atoms with van der Waals surface area (Å²) in [7, 11) is 1.55. The van der Waals surface area contributed by atoms with Crippen LogP contribution >= 0.6 is 0 Å². The Kier molecular flexibility index (Phi) is 5.63. The van der Waals surface area contributed by atoms with E-state index in [2.05, 4.69) is 5.10 Å². The number of benzene rings is 2. The van der Waals surface area contributed by atoms with Gasteiger partial charge in [0.25, 0.3) is 5.91 Å². The Hall–Kier alpha value is -3.15. The highest BCUT2D eigenvalue weighted by molar-refractivity contribution is 6.02. The average Bonchev–Trinajstić information content (AvgIpc) is 3.17. The number of para-hydroxylation sites is 1. The van der Waals surface area contributed by atoms with Gasteiger partial charge in [0.15, 0.2) is 6.61 Å². The van der Waals surface area contributed by atoms with Crippen LogP contribution in [-0.4, -0.2) is 42.9 Å². The van der Waals surface area contributed by atoms with E-state index in [-0.39, 0.29) is 18.9 Å². The van der Waals surface area contributed by atoms with Crippen molar-refractivity contribution >= 4 is 17.6 Å². The summed E-state index contributed by atoms with van der Waals surface area (Å²) in [5, 5.41) is 5.70. The van der Waals surface area contributed by atoms with E-state index in [9.17, 15) is 9.59 Å². The van der Waals surface area contributed by atoms with Crippen LogP contribution < -0.4 is 4.74 Å². The smallest absolute Gasteiger partial charge is 0.310 e. The zero-order valence-electron chi connectivity index (χ0n) is 14.6. The number of esters is 1. The SMILES string of the molecule is COc1ccccc1CC(=O)OCC(=O)N1CCC(c2ccccc2)=N1. The minimum atomic E-state index is -0.477. The van der Waals surface area contributed by atoms with E-state index >= 15 is 0 Å². The van der Waals surface area contributed by atoms with Crippen molar-refractivity contribution in [2.75, 3.05) is 20.3 Å². The van der Waals surface area contributed by atoms with Gasteiger partial charge in [-0.15, -0.1) is 0 Å². The summed E-state index contributed by atoms with van der Waals surface area (Å²) >= 11 is 0. The van der Waals surface area contributed by atoms with Gasteiger partial charge in [-0.3, -0.25) is 9.59 Å². The standard InChI is InChI=1S/C20H20N2O4/c1-25-18-10-6-5-9-16(18)13-20(24)26-14-19(23)22-12-11-17(21-22)15-7-3-2-4-8-15/h2-10H,11-14H2,1H3. The third-order valence-electron chi connectivity index (χ3n) is 4.08. The quantitative estimate of drug-likeness (QED) is 0.749. The van der Waals surface area contributed by atoms with Crippen molar-refractivity contribution < 1.29 is 19.1 Å². The number of methoxy groups -OCH3 is 1. The lowest BCUT2D eigenvalue weighted by molar-refractivity contribution is -0.151. The maximum atomic E-state index is 12.2. The fourth-order valence-electron chi connectivity index (χ4n) is 2.74. The number of ether oxygens (including phenoxy) is 2. The zero-order valence-corrected chi connectivity index (χ0v) is 14.6. The average molecular weight is 352 g/mol. The van der Waals surface area contributed by atoms with Gasteiger partial charge in [0.05, 0.1) is 25.8 Å². The molecule has 134 valence electrons. The van der Waals surface area contributed by atoms with Crippen molar-refractivity contribution in [1.82, 2.24) is 5.01 Å². The molecule has 0 N–H and O–H groups in total. The van der Waals surface area contributed by atoms with E-state index in [4.69, 9.17) is 9.47 Å². The van der Waals surface area contributed by atoms with Crippen LogP contribution in [0.25, 0.3) is 0 Å². The van der Waals surface area contributed by atoms with Gasteiger partial charge >= 0.3 is 5.97 Å². The van der Waals surface area contributed by atoms with Crippen LogP contribution in [0.4, 0.5) is 0 Å². The molecule has 0 fully saturated rings. The number of amides is 1. The molecule has 0 bridgehead atoms. The first kappa shape index (κ1) is 17.7. The van der Waals surface area contributed by atoms with Gasteiger partial charge in [0, 0.05) is 12.0 Å². The molecule has 26 heavy (non-hydrogen) atoms. The molecule has 1 heterocycles. The number of carbonyl (C=O) groups excluding carboxylic acids is 2. The molecule has 0 spiro atoms. The molecule has 0 aliphatic carbocycles. The maximum absolute atomic E-state index is 12.2. The molecule has 0 unspecified atom stereocenters. The molecule has 1 aliphatic heterocycles. The van der Waals surface area contributed by atoms with Gasteiger partial charge in [0.1, 0.15) is 5.75 Å². The second kappa shape index (κ2) is 8.29. The lowest BCUT2D eigenvalue weighted by atomic mass is 10.1. The predicted molar refractivity (Wildman–Crippen MR) is 97.0 cm³/mol. The Morgan fingerprint density at radius 1 is 1.08 bits per heavy atom. The van der Waals surface area contributed by atoms with Gasteiger partial charge in [-0.05, 0) is 11.6 Å². The molecule has 2 aromatic rings. The fraction of sp³-hybridized carbons (Fsp3) is 0.250. The molecule has 1 amide bonds. The van der Waals surface area contributed by atoms with Crippen molar-refractivity contribution in [1.29, 1.82) is 0 Å². The number of nitrogens with zero attached hydrogens (tertiary/aromatic N) is 2. The largest absolute Gasteiger partial charge is 0.496 e. The predicted octanol–water partition coefficient (Wildman–Crippen LogP) is 2.42. The molecular weight excluding hydrogens is 332 g/mol. The Morgan fingerprint density at radius 2 is 1.81 bits per heavy atom. The van der Waals surface area contributed by atoms with E-state index < -0.39 is 5.97 Å². The summed E-state index contributed by atoms with van der Waals surface area (Å²) in [5.41, 5.74) is 2.58. The van der Waals surface area contributed by atoms with Gasteiger partial charge < -0.3 is 9.47 Å². The number of carbonyl (C=O) groups is 2. The van der Waals surface area contributed by atoms with Crippen LogP contribution in [0.2, 0.25) is 0 Å². The molecule has 0 radical (unpaired) electrons. The fourth-order valence-corrected chi connectivity index (χ4v) is 2.74. The van der Waals surface area contributed by atoms with Crippen molar-refractivity contribution in [3.8, 4) is 5.75 Å². The zero-order chi connectivity index (χ0) is 18.4. The summed E-state index contributed by atoms with van der Waals surface area (Å²) in [5.74, 6) is -0.189. The van der Waals surface area contributed by atoms with Crippen LogP contribution in [0.15, 0.2) is 59.7 Å². The first-order chi connectivity index (χ1) is 12.7. The van der Waals surface area contributed by atoms with Crippen LogP contribution in [-0.2, 0) is 20.7 Å². The van der Waals surface area contributed by atoms with Gasteiger partial charge in [-0.25, -0.2) is 5.01 Å². The molecule has 6 heteroatoms. The summed E-state index contributed by atoms with van der Waals surface area (Å²) in [6.07, 6.45) is 0.737. The number of hydrogen-bond donors (Lipinski definition) is 0. The van der Waals surface area contributed by atoms with Gasteiger partial charge in [-0.2, -0.15) is 5.10 Å². The molecule has 2 aromatic carbocycles. The first-order valence-electron chi connectivity index (χ1n) is 8.38.